The molecule has 138 valence electrons. The molecular weight excluding hydrogens is 326 g/mol. The molecule has 0 saturated carbocycles. The van der Waals surface area contributed by atoms with E-state index in [1.54, 1.807) is 0 Å². The van der Waals surface area contributed by atoms with Crippen LogP contribution in [0.5, 0.6) is 0 Å². The second-order valence-corrected chi connectivity index (χ2v) is 6.99. The summed E-state index contributed by atoms with van der Waals surface area (Å²) < 4.78 is 5.38. The summed E-state index contributed by atoms with van der Waals surface area (Å²) in [6.07, 6.45) is 0. The Kier molecular flexibility index (Phi) is 6.26. The highest BCUT2D eigenvalue weighted by Crippen LogP contribution is 2.18. The molecular formula is C21H28N3O2+. The van der Waals surface area contributed by atoms with Crippen LogP contribution < -0.4 is 15.1 Å². The lowest BCUT2D eigenvalue weighted by Gasteiger charge is -2.28. The van der Waals surface area contributed by atoms with E-state index in [2.05, 4.69) is 53.5 Å². The summed E-state index contributed by atoms with van der Waals surface area (Å²) in [6.45, 7) is 6.75. The SMILES string of the molecule is Cc1cccc(C[NH+](C)CC(=O)Nc2ccc(N3CCOCC3)cc2)c1. The summed E-state index contributed by atoms with van der Waals surface area (Å²) in [5, 5.41) is 3.00. The van der Waals surface area contributed by atoms with Crippen LogP contribution in [0.15, 0.2) is 48.5 Å². The average molecular weight is 354 g/mol. The number of morpholine rings is 1. The normalized spacial score (nSPS) is 15.5. The van der Waals surface area contributed by atoms with Crippen LogP contribution in [0.4, 0.5) is 11.4 Å². The summed E-state index contributed by atoms with van der Waals surface area (Å²) in [7, 11) is 2.05. The monoisotopic (exact) mass is 354 g/mol. The number of quaternary nitrogens is 1. The smallest absolute Gasteiger partial charge is 0.279 e. The summed E-state index contributed by atoms with van der Waals surface area (Å²) in [5.41, 5.74) is 4.52. The molecule has 1 unspecified atom stereocenters. The van der Waals surface area contributed by atoms with E-state index >= 15 is 0 Å². The van der Waals surface area contributed by atoms with Gasteiger partial charge in [-0.2, -0.15) is 0 Å². The number of rotatable bonds is 6. The van der Waals surface area contributed by atoms with Gasteiger partial charge in [-0.1, -0.05) is 29.8 Å². The first-order chi connectivity index (χ1) is 12.6. The number of hydrogen-bond donors (Lipinski definition) is 2. The first kappa shape index (κ1) is 18.4. The van der Waals surface area contributed by atoms with Crippen molar-refractivity contribution in [3.63, 3.8) is 0 Å². The molecule has 1 saturated heterocycles. The number of likely N-dealkylation sites (N-methyl/N-ethyl adjacent to an activating group) is 1. The van der Waals surface area contributed by atoms with Crippen LogP contribution in [0.3, 0.4) is 0 Å². The van der Waals surface area contributed by atoms with Gasteiger partial charge in [0.05, 0.1) is 20.3 Å². The zero-order valence-electron chi connectivity index (χ0n) is 15.6. The van der Waals surface area contributed by atoms with Crippen molar-refractivity contribution in [3.05, 3.63) is 59.7 Å². The molecule has 1 amide bonds. The lowest BCUT2D eigenvalue weighted by Crippen LogP contribution is -3.08. The van der Waals surface area contributed by atoms with E-state index in [9.17, 15) is 4.79 Å². The fourth-order valence-electron chi connectivity index (χ4n) is 3.29. The van der Waals surface area contributed by atoms with Gasteiger partial charge in [-0.25, -0.2) is 0 Å². The van der Waals surface area contributed by atoms with Crippen molar-refractivity contribution >= 4 is 17.3 Å². The maximum atomic E-state index is 12.3. The van der Waals surface area contributed by atoms with Crippen molar-refractivity contribution in [2.24, 2.45) is 0 Å². The highest BCUT2D eigenvalue weighted by Gasteiger charge is 2.13. The summed E-state index contributed by atoms with van der Waals surface area (Å²) >= 11 is 0. The Hall–Kier alpha value is -2.37. The molecule has 0 aliphatic carbocycles. The fourth-order valence-corrected chi connectivity index (χ4v) is 3.29. The van der Waals surface area contributed by atoms with Gasteiger partial charge in [0.2, 0.25) is 0 Å². The van der Waals surface area contributed by atoms with Gasteiger partial charge in [-0.05, 0) is 31.2 Å². The number of carbonyl (C=O) groups excluding carboxylic acids is 1. The maximum absolute atomic E-state index is 12.3. The van der Waals surface area contributed by atoms with E-state index in [1.165, 1.54) is 16.8 Å². The van der Waals surface area contributed by atoms with E-state index in [4.69, 9.17) is 4.74 Å². The standard InChI is InChI=1S/C21H27N3O2/c1-17-4-3-5-18(14-17)15-23(2)16-21(25)22-19-6-8-20(9-7-19)24-10-12-26-13-11-24/h3-9,14H,10-13,15-16H2,1-2H3,(H,22,25)/p+1. The number of anilines is 2. The number of ether oxygens (including phenoxy) is 1. The molecule has 3 rings (SSSR count). The van der Waals surface area contributed by atoms with E-state index in [1.807, 2.05) is 19.2 Å². The van der Waals surface area contributed by atoms with E-state index in [-0.39, 0.29) is 5.91 Å². The van der Waals surface area contributed by atoms with Crippen LogP contribution in [0.2, 0.25) is 0 Å². The molecule has 5 heteroatoms. The lowest BCUT2D eigenvalue weighted by molar-refractivity contribution is -0.885. The zero-order chi connectivity index (χ0) is 18.4. The largest absolute Gasteiger partial charge is 0.378 e. The molecule has 1 aliphatic rings. The number of amides is 1. The Morgan fingerprint density at radius 3 is 2.58 bits per heavy atom. The molecule has 0 bridgehead atoms. The van der Waals surface area contributed by atoms with Crippen molar-refractivity contribution in [2.75, 3.05) is 50.1 Å². The number of carbonyl (C=O) groups is 1. The third kappa shape index (κ3) is 5.31. The second kappa shape index (κ2) is 8.83. The highest BCUT2D eigenvalue weighted by molar-refractivity contribution is 5.91. The molecule has 2 N–H and O–H groups in total. The van der Waals surface area contributed by atoms with Gasteiger partial charge in [-0.3, -0.25) is 4.79 Å². The van der Waals surface area contributed by atoms with Crippen molar-refractivity contribution in [1.29, 1.82) is 0 Å². The molecule has 0 aromatic heterocycles. The van der Waals surface area contributed by atoms with Gasteiger partial charge in [0.25, 0.3) is 5.91 Å². The molecule has 1 atom stereocenters. The number of benzene rings is 2. The average Bonchev–Trinajstić information content (AvgIpc) is 2.63. The van der Waals surface area contributed by atoms with Crippen LogP contribution >= 0.6 is 0 Å². The predicted molar refractivity (Wildman–Crippen MR) is 105 cm³/mol. The van der Waals surface area contributed by atoms with Gasteiger partial charge < -0.3 is 19.9 Å². The Morgan fingerprint density at radius 1 is 1.15 bits per heavy atom. The first-order valence-corrected chi connectivity index (χ1v) is 9.19. The Balaban J connectivity index is 1.49. The van der Waals surface area contributed by atoms with Gasteiger partial charge in [-0.15, -0.1) is 0 Å². The van der Waals surface area contributed by atoms with Gasteiger partial charge in [0.15, 0.2) is 6.54 Å². The van der Waals surface area contributed by atoms with Crippen LogP contribution in [0.25, 0.3) is 0 Å². The van der Waals surface area contributed by atoms with E-state index in [0.717, 1.165) is 43.4 Å². The molecule has 1 fully saturated rings. The minimum Gasteiger partial charge on any atom is -0.378 e. The Bertz CT molecular complexity index is 724. The summed E-state index contributed by atoms with van der Waals surface area (Å²) in [6, 6.07) is 16.5. The van der Waals surface area contributed by atoms with Gasteiger partial charge in [0.1, 0.15) is 6.54 Å². The third-order valence-corrected chi connectivity index (χ3v) is 4.58. The number of nitrogens with one attached hydrogen (secondary N) is 2. The fraction of sp³-hybridized carbons (Fsp3) is 0.381. The predicted octanol–water partition coefficient (Wildman–Crippen LogP) is 1.49. The highest BCUT2D eigenvalue weighted by atomic mass is 16.5. The van der Waals surface area contributed by atoms with Crippen LogP contribution in [0.1, 0.15) is 11.1 Å². The molecule has 26 heavy (non-hydrogen) atoms. The van der Waals surface area contributed by atoms with E-state index in [0.29, 0.717) is 6.54 Å². The molecule has 0 spiro atoms. The van der Waals surface area contributed by atoms with Gasteiger partial charge in [0, 0.05) is 30.0 Å². The van der Waals surface area contributed by atoms with Crippen LogP contribution in [0, 0.1) is 6.92 Å². The molecule has 5 nitrogen and oxygen atoms in total. The Labute approximate surface area is 155 Å². The minimum absolute atomic E-state index is 0.0364. The quantitative estimate of drug-likeness (QED) is 0.826. The topological polar surface area (TPSA) is 46.0 Å². The summed E-state index contributed by atoms with van der Waals surface area (Å²) in [5.74, 6) is 0.0364. The first-order valence-electron chi connectivity index (χ1n) is 9.19. The zero-order valence-corrected chi connectivity index (χ0v) is 15.6. The van der Waals surface area contributed by atoms with Crippen molar-refractivity contribution in [2.45, 2.75) is 13.5 Å². The maximum Gasteiger partial charge on any atom is 0.279 e. The number of aryl methyl sites for hydroxylation is 1. The molecule has 2 aromatic rings. The third-order valence-electron chi connectivity index (χ3n) is 4.58. The molecule has 1 heterocycles. The lowest BCUT2D eigenvalue weighted by atomic mass is 10.1. The van der Waals surface area contributed by atoms with Crippen molar-refractivity contribution in [3.8, 4) is 0 Å². The van der Waals surface area contributed by atoms with Crippen molar-refractivity contribution in [1.82, 2.24) is 0 Å². The Morgan fingerprint density at radius 2 is 1.88 bits per heavy atom. The molecule has 0 radical (unpaired) electrons. The molecule has 2 aromatic carbocycles. The van der Waals surface area contributed by atoms with E-state index < -0.39 is 0 Å². The minimum atomic E-state index is 0.0364. The van der Waals surface area contributed by atoms with Gasteiger partial charge >= 0.3 is 0 Å². The van der Waals surface area contributed by atoms with Crippen LogP contribution in [-0.4, -0.2) is 45.8 Å². The second-order valence-electron chi connectivity index (χ2n) is 6.99. The van der Waals surface area contributed by atoms with Crippen LogP contribution in [-0.2, 0) is 16.1 Å². The van der Waals surface area contributed by atoms with Crippen molar-refractivity contribution < 1.29 is 14.4 Å². The number of nitrogens with zero attached hydrogens (tertiary/aromatic N) is 1. The summed E-state index contributed by atoms with van der Waals surface area (Å²) in [4.78, 5) is 15.8. The molecule has 1 aliphatic heterocycles. The number of hydrogen-bond acceptors (Lipinski definition) is 3.